The highest BCUT2D eigenvalue weighted by atomic mass is 32.2. The zero-order valence-electron chi connectivity index (χ0n) is 8.36. The van der Waals surface area contributed by atoms with Gasteiger partial charge in [0.05, 0.1) is 6.04 Å². The number of carbonyl (C=O) groups excluding carboxylic acids is 1. The van der Waals surface area contributed by atoms with Gasteiger partial charge in [-0.2, -0.15) is 0 Å². The summed E-state index contributed by atoms with van der Waals surface area (Å²) < 4.78 is 0. The molecule has 0 spiro atoms. The molecule has 1 heterocycles. The number of nitrogen functional groups attached to an aromatic ring is 1. The minimum absolute atomic E-state index is 0.0332. The Kier molecular flexibility index (Phi) is 2.83. The van der Waals surface area contributed by atoms with Crippen LogP contribution in [0.25, 0.3) is 0 Å². The summed E-state index contributed by atoms with van der Waals surface area (Å²) in [6.07, 6.45) is 0. The van der Waals surface area contributed by atoms with E-state index in [4.69, 9.17) is 5.73 Å². The van der Waals surface area contributed by atoms with Gasteiger partial charge in [0.25, 0.3) is 5.24 Å². The Hall–Kier alpha value is -1.20. The minimum atomic E-state index is -0.0332. The number of rotatable bonds is 1. The molecule has 15 heavy (non-hydrogen) atoms. The van der Waals surface area contributed by atoms with Crippen LogP contribution in [0.1, 0.15) is 18.5 Å². The highest BCUT2D eigenvalue weighted by molar-refractivity contribution is 8.14. The first-order valence-corrected chi connectivity index (χ1v) is 5.62. The number of anilines is 1. The zero-order valence-corrected chi connectivity index (χ0v) is 9.17. The van der Waals surface area contributed by atoms with Gasteiger partial charge >= 0.3 is 0 Å². The number of nitrogens with two attached hydrogens (primary N) is 1. The molecule has 2 unspecified atom stereocenters. The number of thioether (sulfide) groups is 1. The van der Waals surface area contributed by atoms with Crippen LogP contribution in [0.4, 0.5) is 10.5 Å². The van der Waals surface area contributed by atoms with Gasteiger partial charge in [0.1, 0.15) is 0 Å². The molecule has 1 amide bonds. The number of hydrogen-bond acceptors (Lipinski definition) is 4. The maximum absolute atomic E-state index is 11.1. The molecule has 0 radical (unpaired) electrons. The lowest BCUT2D eigenvalue weighted by molar-refractivity contribution is 0.251. The first-order valence-electron chi connectivity index (χ1n) is 4.74. The maximum atomic E-state index is 11.1. The normalized spacial score (nSPS) is 26.1. The molecule has 1 aromatic rings. The van der Waals surface area contributed by atoms with Gasteiger partial charge in [0.2, 0.25) is 0 Å². The van der Waals surface area contributed by atoms with Gasteiger partial charge < -0.3 is 5.73 Å². The summed E-state index contributed by atoms with van der Waals surface area (Å²) in [4.78, 5) is 11.1. The van der Waals surface area contributed by atoms with E-state index in [1.54, 1.807) is 0 Å². The van der Waals surface area contributed by atoms with Crippen molar-refractivity contribution in [2.24, 2.45) is 0 Å². The van der Waals surface area contributed by atoms with Gasteiger partial charge in [-0.1, -0.05) is 30.8 Å². The standard InChI is InChI=1S/C10H13N3OS/c1-6-9(12-13-10(14)15-6)7-2-4-8(11)5-3-7/h2-6,9,12H,11H2,1H3,(H,13,14). The van der Waals surface area contributed by atoms with Gasteiger partial charge in [-0.3, -0.25) is 10.2 Å². The molecule has 0 bridgehead atoms. The topological polar surface area (TPSA) is 67.2 Å². The lowest BCUT2D eigenvalue weighted by Gasteiger charge is -2.29. The SMILES string of the molecule is CC1SC(=O)NNC1c1ccc(N)cc1. The van der Waals surface area contributed by atoms with Crippen molar-refractivity contribution in [2.45, 2.75) is 18.2 Å². The van der Waals surface area contributed by atoms with Gasteiger partial charge in [-0.25, -0.2) is 5.43 Å². The average molecular weight is 223 g/mol. The summed E-state index contributed by atoms with van der Waals surface area (Å²) in [5.41, 5.74) is 13.1. The second-order valence-corrected chi connectivity index (χ2v) is 4.87. The van der Waals surface area contributed by atoms with Crippen LogP contribution >= 0.6 is 11.8 Å². The lowest BCUT2D eigenvalue weighted by atomic mass is 10.0. The van der Waals surface area contributed by atoms with Crippen molar-refractivity contribution in [2.75, 3.05) is 5.73 Å². The minimum Gasteiger partial charge on any atom is -0.399 e. The predicted octanol–water partition coefficient (Wildman–Crippen LogP) is 1.66. The molecule has 5 heteroatoms. The molecule has 2 rings (SSSR count). The quantitative estimate of drug-likeness (QED) is 0.633. The highest BCUT2D eigenvalue weighted by Crippen LogP contribution is 2.29. The average Bonchev–Trinajstić information content (AvgIpc) is 2.20. The Balaban J connectivity index is 2.16. The van der Waals surface area contributed by atoms with Crippen LogP contribution in [0, 0.1) is 0 Å². The van der Waals surface area contributed by atoms with Crippen molar-refractivity contribution in [3.8, 4) is 0 Å². The van der Waals surface area contributed by atoms with E-state index in [1.165, 1.54) is 11.8 Å². The number of hydrogen-bond donors (Lipinski definition) is 3. The number of benzene rings is 1. The molecular weight excluding hydrogens is 210 g/mol. The number of carbonyl (C=O) groups is 1. The van der Waals surface area contributed by atoms with Gasteiger partial charge in [0, 0.05) is 10.9 Å². The van der Waals surface area contributed by atoms with Gasteiger partial charge in [-0.15, -0.1) is 0 Å². The monoisotopic (exact) mass is 223 g/mol. The van der Waals surface area contributed by atoms with Crippen LogP contribution < -0.4 is 16.6 Å². The van der Waals surface area contributed by atoms with Crippen LogP contribution in [0.5, 0.6) is 0 Å². The van der Waals surface area contributed by atoms with E-state index in [1.807, 2.05) is 31.2 Å². The van der Waals surface area contributed by atoms with Crippen LogP contribution in [0.2, 0.25) is 0 Å². The van der Waals surface area contributed by atoms with Crippen molar-refractivity contribution in [3.05, 3.63) is 29.8 Å². The summed E-state index contributed by atoms with van der Waals surface area (Å²) >= 11 is 1.30. The molecule has 2 atom stereocenters. The van der Waals surface area contributed by atoms with Crippen LogP contribution in [-0.2, 0) is 0 Å². The molecule has 1 saturated heterocycles. The molecule has 1 aliphatic rings. The van der Waals surface area contributed by atoms with Crippen LogP contribution in [-0.4, -0.2) is 10.5 Å². The summed E-state index contributed by atoms with van der Waals surface area (Å²) in [5, 5.41) is 0.177. The maximum Gasteiger partial charge on any atom is 0.293 e. The fourth-order valence-electron chi connectivity index (χ4n) is 1.58. The first-order chi connectivity index (χ1) is 7.16. The molecule has 0 aromatic heterocycles. The Morgan fingerprint density at radius 1 is 1.33 bits per heavy atom. The van der Waals surface area contributed by atoms with Gasteiger partial charge in [-0.05, 0) is 17.7 Å². The van der Waals surface area contributed by atoms with E-state index < -0.39 is 0 Å². The van der Waals surface area contributed by atoms with E-state index in [2.05, 4.69) is 10.9 Å². The molecule has 1 aromatic carbocycles. The van der Waals surface area contributed by atoms with Crippen molar-refractivity contribution in [1.29, 1.82) is 0 Å². The Labute approximate surface area is 92.6 Å². The van der Waals surface area contributed by atoms with E-state index >= 15 is 0 Å². The van der Waals surface area contributed by atoms with E-state index in [0.717, 1.165) is 11.3 Å². The fourth-order valence-corrected chi connectivity index (χ4v) is 2.39. The zero-order chi connectivity index (χ0) is 10.8. The van der Waals surface area contributed by atoms with Crippen molar-refractivity contribution < 1.29 is 4.79 Å². The third-order valence-electron chi connectivity index (χ3n) is 2.39. The summed E-state index contributed by atoms with van der Waals surface area (Å²) in [6.45, 7) is 2.03. The third-order valence-corrected chi connectivity index (χ3v) is 3.35. The van der Waals surface area contributed by atoms with Gasteiger partial charge in [0.15, 0.2) is 0 Å². The van der Waals surface area contributed by atoms with E-state index in [0.29, 0.717) is 0 Å². The fraction of sp³-hybridized carbons (Fsp3) is 0.300. The predicted molar refractivity (Wildman–Crippen MR) is 62.3 cm³/mol. The van der Waals surface area contributed by atoms with Crippen LogP contribution in [0.3, 0.4) is 0 Å². The summed E-state index contributed by atoms with van der Waals surface area (Å²) in [6, 6.07) is 7.81. The molecule has 0 aliphatic carbocycles. The molecular formula is C10H13N3OS. The molecule has 80 valence electrons. The second kappa shape index (κ2) is 4.12. The molecule has 4 nitrogen and oxygen atoms in total. The Morgan fingerprint density at radius 3 is 2.60 bits per heavy atom. The number of hydrazine groups is 1. The molecule has 0 saturated carbocycles. The molecule has 1 fully saturated rings. The van der Waals surface area contributed by atoms with Crippen molar-refractivity contribution in [3.63, 3.8) is 0 Å². The number of amides is 1. The molecule has 4 N–H and O–H groups in total. The Bertz CT molecular complexity index is 365. The number of nitrogens with one attached hydrogen (secondary N) is 2. The van der Waals surface area contributed by atoms with Crippen LogP contribution in [0.15, 0.2) is 24.3 Å². The lowest BCUT2D eigenvalue weighted by Crippen LogP contribution is -2.46. The van der Waals surface area contributed by atoms with E-state index in [9.17, 15) is 4.79 Å². The second-order valence-electron chi connectivity index (χ2n) is 3.52. The Morgan fingerprint density at radius 2 is 2.00 bits per heavy atom. The molecule has 1 aliphatic heterocycles. The third kappa shape index (κ3) is 2.24. The summed E-state index contributed by atoms with van der Waals surface area (Å²) in [7, 11) is 0. The van der Waals surface area contributed by atoms with E-state index in [-0.39, 0.29) is 16.5 Å². The largest absolute Gasteiger partial charge is 0.399 e. The first kappa shape index (κ1) is 10.3. The highest BCUT2D eigenvalue weighted by Gasteiger charge is 2.27. The smallest absolute Gasteiger partial charge is 0.293 e. The summed E-state index contributed by atoms with van der Waals surface area (Å²) in [5.74, 6) is 0. The van der Waals surface area contributed by atoms with Crippen molar-refractivity contribution >= 4 is 22.7 Å². The van der Waals surface area contributed by atoms with Crippen molar-refractivity contribution in [1.82, 2.24) is 10.9 Å².